The molecule has 0 aliphatic carbocycles. The zero-order chi connectivity index (χ0) is 13.5. The molecular formula is C16H19NOS. The normalized spacial score (nSPS) is 10.2. The van der Waals surface area contributed by atoms with Crippen molar-refractivity contribution in [3.05, 3.63) is 54.1 Å². The summed E-state index contributed by atoms with van der Waals surface area (Å²) in [5.74, 6) is 0.926. The Morgan fingerprint density at radius 3 is 2.26 bits per heavy atom. The van der Waals surface area contributed by atoms with Gasteiger partial charge in [-0.15, -0.1) is 11.8 Å². The van der Waals surface area contributed by atoms with Crippen LogP contribution < -0.4 is 10.1 Å². The van der Waals surface area contributed by atoms with Crippen molar-refractivity contribution in [3.63, 3.8) is 0 Å². The Balaban J connectivity index is 1.90. The molecule has 2 aromatic rings. The number of thioether (sulfide) groups is 1. The molecular weight excluding hydrogens is 254 g/mol. The van der Waals surface area contributed by atoms with Crippen LogP contribution in [0.3, 0.4) is 0 Å². The van der Waals surface area contributed by atoms with Crippen molar-refractivity contribution < 1.29 is 4.74 Å². The number of hydrogen-bond acceptors (Lipinski definition) is 3. The minimum Gasteiger partial charge on any atom is -0.494 e. The van der Waals surface area contributed by atoms with Gasteiger partial charge in [0, 0.05) is 17.1 Å². The lowest BCUT2D eigenvalue weighted by Crippen LogP contribution is -1.99. The zero-order valence-corrected chi connectivity index (χ0v) is 12.2. The maximum absolute atomic E-state index is 5.43. The molecule has 1 N–H and O–H groups in total. The van der Waals surface area contributed by atoms with E-state index in [4.69, 9.17) is 4.74 Å². The average Bonchev–Trinajstić information content (AvgIpc) is 2.47. The van der Waals surface area contributed by atoms with Crippen LogP contribution in [-0.4, -0.2) is 12.9 Å². The molecule has 0 fully saturated rings. The third-order valence-electron chi connectivity index (χ3n) is 2.82. The Bertz CT molecular complexity index is 493. The smallest absolute Gasteiger partial charge is 0.119 e. The molecule has 3 heteroatoms. The van der Waals surface area contributed by atoms with Gasteiger partial charge in [0.05, 0.1) is 6.61 Å². The fourth-order valence-corrected chi connectivity index (χ4v) is 2.19. The predicted molar refractivity (Wildman–Crippen MR) is 83.2 cm³/mol. The number of rotatable bonds is 6. The summed E-state index contributed by atoms with van der Waals surface area (Å²) in [5, 5.41) is 3.41. The standard InChI is InChI=1S/C16H19NOS/c1-3-18-15-8-4-13(5-9-15)12-17-14-6-10-16(19-2)11-7-14/h4-11,17H,3,12H2,1-2H3. The molecule has 2 nitrogen and oxygen atoms in total. The lowest BCUT2D eigenvalue weighted by molar-refractivity contribution is 0.340. The Morgan fingerprint density at radius 2 is 1.68 bits per heavy atom. The summed E-state index contributed by atoms with van der Waals surface area (Å²) in [6.07, 6.45) is 2.09. The monoisotopic (exact) mass is 273 g/mol. The van der Waals surface area contributed by atoms with Crippen molar-refractivity contribution >= 4 is 17.4 Å². The van der Waals surface area contributed by atoms with Gasteiger partial charge in [0.1, 0.15) is 5.75 Å². The summed E-state index contributed by atoms with van der Waals surface area (Å²) in [4.78, 5) is 1.28. The second-order valence-corrected chi connectivity index (χ2v) is 5.04. The molecule has 0 saturated carbocycles. The summed E-state index contributed by atoms with van der Waals surface area (Å²) in [5.41, 5.74) is 2.39. The third-order valence-corrected chi connectivity index (χ3v) is 3.56. The second kappa shape index (κ2) is 7.10. The van der Waals surface area contributed by atoms with Crippen molar-refractivity contribution in [2.24, 2.45) is 0 Å². The van der Waals surface area contributed by atoms with E-state index in [1.165, 1.54) is 10.5 Å². The van der Waals surface area contributed by atoms with Crippen LogP contribution in [0, 0.1) is 0 Å². The minimum atomic E-state index is 0.708. The van der Waals surface area contributed by atoms with Crippen LogP contribution >= 0.6 is 11.8 Å². The van der Waals surface area contributed by atoms with Gasteiger partial charge in [-0.2, -0.15) is 0 Å². The van der Waals surface area contributed by atoms with Crippen LogP contribution in [0.5, 0.6) is 5.75 Å². The summed E-state index contributed by atoms with van der Waals surface area (Å²) in [6, 6.07) is 16.7. The molecule has 0 aliphatic rings. The van der Waals surface area contributed by atoms with Gasteiger partial charge in [0.15, 0.2) is 0 Å². The zero-order valence-electron chi connectivity index (χ0n) is 11.3. The SMILES string of the molecule is CCOc1ccc(CNc2ccc(SC)cc2)cc1. The Morgan fingerprint density at radius 1 is 1.00 bits per heavy atom. The lowest BCUT2D eigenvalue weighted by Gasteiger charge is -2.08. The molecule has 0 aliphatic heterocycles. The van der Waals surface area contributed by atoms with Gasteiger partial charge in [-0.05, 0) is 55.1 Å². The highest BCUT2D eigenvalue weighted by Gasteiger charge is 1.96. The Hall–Kier alpha value is -1.61. The third kappa shape index (κ3) is 4.21. The highest BCUT2D eigenvalue weighted by molar-refractivity contribution is 7.98. The first kappa shape index (κ1) is 13.8. The molecule has 19 heavy (non-hydrogen) atoms. The fraction of sp³-hybridized carbons (Fsp3) is 0.250. The number of hydrogen-bond donors (Lipinski definition) is 1. The number of ether oxygens (including phenoxy) is 1. The molecule has 0 atom stereocenters. The fourth-order valence-electron chi connectivity index (χ4n) is 1.78. The largest absolute Gasteiger partial charge is 0.494 e. The van der Waals surface area contributed by atoms with Crippen LogP contribution in [0.2, 0.25) is 0 Å². The molecule has 2 aromatic carbocycles. The van der Waals surface area contributed by atoms with Gasteiger partial charge >= 0.3 is 0 Å². The van der Waals surface area contributed by atoms with Crippen LogP contribution in [-0.2, 0) is 6.54 Å². The van der Waals surface area contributed by atoms with Gasteiger partial charge in [-0.1, -0.05) is 12.1 Å². The quantitative estimate of drug-likeness (QED) is 0.787. The van der Waals surface area contributed by atoms with Crippen molar-refractivity contribution in [1.82, 2.24) is 0 Å². The van der Waals surface area contributed by atoms with Gasteiger partial charge < -0.3 is 10.1 Å². The van der Waals surface area contributed by atoms with E-state index in [-0.39, 0.29) is 0 Å². The van der Waals surface area contributed by atoms with Crippen molar-refractivity contribution in [3.8, 4) is 5.75 Å². The molecule has 0 unspecified atom stereocenters. The lowest BCUT2D eigenvalue weighted by atomic mass is 10.2. The van der Waals surface area contributed by atoms with Gasteiger partial charge in [-0.3, -0.25) is 0 Å². The average molecular weight is 273 g/mol. The molecule has 100 valence electrons. The van der Waals surface area contributed by atoms with E-state index in [9.17, 15) is 0 Å². The number of anilines is 1. The second-order valence-electron chi connectivity index (χ2n) is 4.16. The maximum Gasteiger partial charge on any atom is 0.119 e. The van der Waals surface area contributed by atoms with Gasteiger partial charge in [0.25, 0.3) is 0 Å². The van der Waals surface area contributed by atoms with Gasteiger partial charge in [-0.25, -0.2) is 0 Å². The van der Waals surface area contributed by atoms with E-state index in [2.05, 4.69) is 48.0 Å². The Kier molecular flexibility index (Phi) is 5.16. The minimum absolute atomic E-state index is 0.708. The van der Waals surface area contributed by atoms with Crippen LogP contribution in [0.25, 0.3) is 0 Å². The molecule has 2 rings (SSSR count). The van der Waals surface area contributed by atoms with E-state index in [0.29, 0.717) is 6.61 Å². The molecule has 0 bridgehead atoms. The van der Waals surface area contributed by atoms with E-state index >= 15 is 0 Å². The first-order valence-electron chi connectivity index (χ1n) is 6.41. The topological polar surface area (TPSA) is 21.3 Å². The first-order valence-corrected chi connectivity index (χ1v) is 7.64. The molecule has 0 spiro atoms. The predicted octanol–water partition coefficient (Wildman–Crippen LogP) is 4.42. The van der Waals surface area contributed by atoms with E-state index in [1.807, 2.05) is 19.1 Å². The molecule has 0 aromatic heterocycles. The molecule has 0 amide bonds. The maximum atomic E-state index is 5.43. The van der Waals surface area contributed by atoms with Crippen molar-refractivity contribution in [1.29, 1.82) is 0 Å². The Labute approximate surface area is 119 Å². The molecule has 0 radical (unpaired) electrons. The van der Waals surface area contributed by atoms with Crippen molar-refractivity contribution in [2.75, 3.05) is 18.2 Å². The van der Waals surface area contributed by atoms with E-state index < -0.39 is 0 Å². The molecule has 0 saturated heterocycles. The summed E-state index contributed by atoms with van der Waals surface area (Å²) in [7, 11) is 0. The van der Waals surface area contributed by atoms with E-state index in [0.717, 1.165) is 18.0 Å². The van der Waals surface area contributed by atoms with Crippen molar-refractivity contribution in [2.45, 2.75) is 18.4 Å². The summed E-state index contributed by atoms with van der Waals surface area (Å²) >= 11 is 1.76. The van der Waals surface area contributed by atoms with Crippen LogP contribution in [0.1, 0.15) is 12.5 Å². The van der Waals surface area contributed by atoms with Crippen LogP contribution in [0.15, 0.2) is 53.4 Å². The first-order chi connectivity index (χ1) is 9.31. The highest BCUT2D eigenvalue weighted by Crippen LogP contribution is 2.18. The van der Waals surface area contributed by atoms with E-state index in [1.54, 1.807) is 11.8 Å². The summed E-state index contributed by atoms with van der Waals surface area (Å²) in [6.45, 7) is 3.53. The highest BCUT2D eigenvalue weighted by atomic mass is 32.2. The van der Waals surface area contributed by atoms with Crippen LogP contribution in [0.4, 0.5) is 5.69 Å². The van der Waals surface area contributed by atoms with Gasteiger partial charge in [0.2, 0.25) is 0 Å². The summed E-state index contributed by atoms with van der Waals surface area (Å²) < 4.78 is 5.43. The molecule has 0 heterocycles. The number of nitrogens with one attached hydrogen (secondary N) is 1. The number of benzene rings is 2.